The van der Waals surface area contributed by atoms with E-state index in [-0.39, 0.29) is 0 Å². The largest absolute Gasteiger partial charge is 0.497 e. The van der Waals surface area contributed by atoms with Gasteiger partial charge >= 0.3 is 0 Å². The van der Waals surface area contributed by atoms with Crippen LogP contribution in [0.5, 0.6) is 11.5 Å². The summed E-state index contributed by atoms with van der Waals surface area (Å²) < 4.78 is 14.5. The van der Waals surface area contributed by atoms with Gasteiger partial charge in [-0.25, -0.2) is 14.5 Å². The summed E-state index contributed by atoms with van der Waals surface area (Å²) in [4.78, 5) is 10.5. The van der Waals surface area contributed by atoms with Gasteiger partial charge in [-0.3, -0.25) is 0 Å². The lowest BCUT2D eigenvalue weighted by atomic mass is 10.2. The Hall–Kier alpha value is -2.97. The highest BCUT2D eigenvalue weighted by atomic mass is 32.1. The molecule has 1 saturated carbocycles. The monoisotopic (exact) mass is 434 g/mol. The lowest BCUT2D eigenvalue weighted by Crippen LogP contribution is -1.95. The minimum absolute atomic E-state index is 0.490. The Bertz CT molecular complexity index is 1320. The van der Waals surface area contributed by atoms with Crippen LogP contribution in [-0.4, -0.2) is 26.7 Å². The third kappa shape index (κ3) is 3.22. The number of nitrogens with zero attached hydrogens (tertiary/aromatic N) is 4. The van der Waals surface area contributed by atoms with Gasteiger partial charge in [-0.15, -0.1) is 11.3 Å². The zero-order valence-electron chi connectivity index (χ0n) is 16.2. The fraction of sp³-hybridized carbons (Fsp3) is 0.227. The van der Waals surface area contributed by atoms with E-state index in [1.807, 2.05) is 41.0 Å². The minimum atomic E-state index is 0.490. The Labute approximate surface area is 180 Å². The normalized spacial score (nSPS) is 13.9. The first-order valence-corrected chi connectivity index (χ1v) is 11.4. The van der Waals surface area contributed by atoms with Gasteiger partial charge in [-0.2, -0.15) is 5.10 Å². The fourth-order valence-corrected chi connectivity index (χ4v) is 5.38. The van der Waals surface area contributed by atoms with E-state index in [1.165, 1.54) is 17.8 Å². The molecule has 0 radical (unpaired) electrons. The first-order valence-electron chi connectivity index (χ1n) is 9.78. The molecule has 2 aromatic carbocycles. The molecule has 0 spiro atoms. The number of benzene rings is 2. The molecule has 3 heterocycles. The molecule has 0 amide bonds. The molecular formula is C22H18N4O2S2. The lowest BCUT2D eigenvalue weighted by Gasteiger charge is -2.09. The van der Waals surface area contributed by atoms with Crippen molar-refractivity contribution >= 4 is 37.9 Å². The van der Waals surface area contributed by atoms with Crippen molar-refractivity contribution in [2.75, 3.05) is 7.11 Å². The Kier molecular flexibility index (Phi) is 4.21. The van der Waals surface area contributed by atoms with E-state index in [0.29, 0.717) is 12.5 Å². The summed E-state index contributed by atoms with van der Waals surface area (Å²) in [6, 6.07) is 14.0. The second-order valence-electron chi connectivity index (χ2n) is 7.33. The summed E-state index contributed by atoms with van der Waals surface area (Å²) in [7, 11) is 1.65. The smallest absolute Gasteiger partial charge is 0.212 e. The Morgan fingerprint density at radius 3 is 2.73 bits per heavy atom. The van der Waals surface area contributed by atoms with Gasteiger partial charge in [0.1, 0.15) is 33.8 Å². The van der Waals surface area contributed by atoms with E-state index in [0.717, 1.165) is 42.9 Å². The van der Waals surface area contributed by atoms with Crippen molar-refractivity contribution in [1.82, 2.24) is 19.6 Å². The van der Waals surface area contributed by atoms with Gasteiger partial charge in [0.2, 0.25) is 4.96 Å². The number of imidazole rings is 1. The van der Waals surface area contributed by atoms with Crippen LogP contribution in [0.2, 0.25) is 0 Å². The molecule has 0 unspecified atom stereocenters. The second-order valence-corrected chi connectivity index (χ2v) is 9.32. The van der Waals surface area contributed by atoms with E-state index in [9.17, 15) is 0 Å². The van der Waals surface area contributed by atoms with E-state index < -0.39 is 0 Å². The van der Waals surface area contributed by atoms with E-state index in [2.05, 4.69) is 17.2 Å². The molecule has 0 aliphatic heterocycles. The minimum Gasteiger partial charge on any atom is -0.497 e. The molecule has 1 fully saturated rings. The zero-order chi connectivity index (χ0) is 20.1. The van der Waals surface area contributed by atoms with Crippen molar-refractivity contribution < 1.29 is 9.47 Å². The predicted molar refractivity (Wildman–Crippen MR) is 119 cm³/mol. The summed E-state index contributed by atoms with van der Waals surface area (Å²) in [6.45, 7) is 0.490. The van der Waals surface area contributed by atoms with Crippen molar-refractivity contribution in [2.45, 2.75) is 25.4 Å². The van der Waals surface area contributed by atoms with Crippen LogP contribution < -0.4 is 9.47 Å². The molecule has 1 aliphatic carbocycles. The molecule has 0 bridgehead atoms. The van der Waals surface area contributed by atoms with Crippen molar-refractivity contribution in [2.24, 2.45) is 0 Å². The number of aromatic nitrogens is 4. The van der Waals surface area contributed by atoms with Gasteiger partial charge in [-0.1, -0.05) is 41.7 Å². The maximum Gasteiger partial charge on any atom is 0.212 e. The molecular weight excluding hydrogens is 416 g/mol. The van der Waals surface area contributed by atoms with Crippen LogP contribution in [0.3, 0.4) is 0 Å². The number of hydrogen-bond donors (Lipinski definition) is 0. The van der Waals surface area contributed by atoms with Gasteiger partial charge in [0.15, 0.2) is 0 Å². The van der Waals surface area contributed by atoms with Crippen LogP contribution in [0.25, 0.3) is 25.9 Å². The Morgan fingerprint density at radius 1 is 1.10 bits per heavy atom. The number of hydrogen-bond acceptors (Lipinski definition) is 7. The number of fused-ring (bicyclic) bond motifs is 2. The van der Waals surface area contributed by atoms with Gasteiger partial charge in [-0.05, 0) is 18.4 Å². The van der Waals surface area contributed by atoms with Crippen molar-refractivity contribution in [3.63, 3.8) is 0 Å². The maximum atomic E-state index is 6.14. The van der Waals surface area contributed by atoms with Crippen LogP contribution in [0.1, 0.15) is 29.3 Å². The molecule has 1 aliphatic rings. The molecule has 8 heteroatoms. The van der Waals surface area contributed by atoms with Gasteiger partial charge in [0, 0.05) is 18.1 Å². The lowest BCUT2D eigenvalue weighted by molar-refractivity contribution is 0.308. The van der Waals surface area contributed by atoms with Gasteiger partial charge in [0.05, 0.1) is 23.5 Å². The first-order chi connectivity index (χ1) is 14.8. The van der Waals surface area contributed by atoms with Gasteiger partial charge < -0.3 is 9.47 Å². The van der Waals surface area contributed by atoms with E-state index in [1.54, 1.807) is 29.8 Å². The average Bonchev–Trinajstić information content (AvgIpc) is 3.22. The molecule has 0 saturated heterocycles. The highest BCUT2D eigenvalue weighted by Crippen LogP contribution is 2.43. The third-order valence-electron chi connectivity index (χ3n) is 5.11. The zero-order valence-corrected chi connectivity index (χ0v) is 17.9. The standard InChI is InChI=1S/C22H18N4O2S2/c1-27-15-9-16-19(18(10-15)28-12-13-5-3-2-4-6-13)29-21(23-16)17-11-26-22(24-17)30-20(25-26)14-7-8-14/h2-6,9-11,14H,7-8,12H2,1H3. The summed E-state index contributed by atoms with van der Waals surface area (Å²) >= 11 is 3.26. The van der Waals surface area contributed by atoms with Crippen molar-refractivity contribution in [1.29, 1.82) is 0 Å². The number of methoxy groups -OCH3 is 1. The second kappa shape index (κ2) is 7.07. The van der Waals surface area contributed by atoms with E-state index >= 15 is 0 Å². The predicted octanol–water partition coefficient (Wildman–Crippen LogP) is 5.53. The topological polar surface area (TPSA) is 61.5 Å². The SMILES string of the molecule is COc1cc(OCc2ccccc2)c2sc(-c3cn4nc(C5CC5)sc4n3)nc2c1. The first kappa shape index (κ1) is 17.9. The summed E-state index contributed by atoms with van der Waals surface area (Å²) in [5.41, 5.74) is 2.80. The highest BCUT2D eigenvalue weighted by molar-refractivity contribution is 7.22. The van der Waals surface area contributed by atoms with Crippen LogP contribution >= 0.6 is 22.7 Å². The number of thiazole rings is 1. The molecule has 5 aromatic rings. The molecule has 30 heavy (non-hydrogen) atoms. The number of ether oxygens (including phenoxy) is 2. The summed E-state index contributed by atoms with van der Waals surface area (Å²) in [5.74, 6) is 2.13. The van der Waals surface area contributed by atoms with Crippen LogP contribution in [0.4, 0.5) is 0 Å². The van der Waals surface area contributed by atoms with Crippen LogP contribution in [0.15, 0.2) is 48.7 Å². The molecule has 6 nitrogen and oxygen atoms in total. The highest BCUT2D eigenvalue weighted by Gasteiger charge is 2.28. The Morgan fingerprint density at radius 2 is 1.97 bits per heavy atom. The molecule has 150 valence electrons. The summed E-state index contributed by atoms with van der Waals surface area (Å²) in [6.07, 6.45) is 4.46. The quantitative estimate of drug-likeness (QED) is 0.351. The maximum absolute atomic E-state index is 6.14. The van der Waals surface area contributed by atoms with Crippen molar-refractivity contribution in [3.8, 4) is 22.2 Å². The molecule has 0 atom stereocenters. The molecule has 3 aromatic heterocycles. The van der Waals surface area contributed by atoms with Crippen molar-refractivity contribution in [3.05, 3.63) is 59.2 Å². The third-order valence-corrected chi connectivity index (χ3v) is 7.30. The average molecular weight is 435 g/mol. The fourth-order valence-electron chi connectivity index (χ4n) is 3.36. The van der Waals surface area contributed by atoms with Crippen LogP contribution in [0, 0.1) is 0 Å². The van der Waals surface area contributed by atoms with Crippen LogP contribution in [-0.2, 0) is 6.61 Å². The molecule has 6 rings (SSSR count). The van der Waals surface area contributed by atoms with E-state index in [4.69, 9.17) is 19.4 Å². The van der Waals surface area contributed by atoms with Gasteiger partial charge in [0.25, 0.3) is 0 Å². The molecule has 0 N–H and O–H groups in total. The summed E-state index contributed by atoms with van der Waals surface area (Å²) in [5, 5.41) is 6.73. The Balaban J connectivity index is 1.36. The number of rotatable bonds is 6.